The molecule has 0 unspecified atom stereocenters. The highest BCUT2D eigenvalue weighted by Crippen LogP contribution is 2.35. The molecule has 0 spiro atoms. The molecule has 1 saturated heterocycles. The first kappa shape index (κ1) is 21.4. The molecule has 3 aliphatic rings. The van der Waals surface area contributed by atoms with Crippen molar-refractivity contribution in [3.05, 3.63) is 89.0 Å². The summed E-state index contributed by atoms with van der Waals surface area (Å²) >= 11 is 0. The molecule has 0 atom stereocenters. The summed E-state index contributed by atoms with van der Waals surface area (Å²) in [6.07, 6.45) is 1.86. The molecule has 2 amide bonds. The maximum absolute atomic E-state index is 13.6. The van der Waals surface area contributed by atoms with E-state index in [1.807, 2.05) is 48.5 Å². The van der Waals surface area contributed by atoms with Crippen molar-refractivity contribution in [2.75, 3.05) is 38.0 Å². The lowest BCUT2D eigenvalue weighted by molar-refractivity contribution is -0.123. The van der Waals surface area contributed by atoms with E-state index in [1.54, 1.807) is 12.1 Å². The van der Waals surface area contributed by atoms with Gasteiger partial charge in [0.1, 0.15) is 0 Å². The van der Waals surface area contributed by atoms with Gasteiger partial charge in [0, 0.05) is 29.9 Å². The van der Waals surface area contributed by atoms with Gasteiger partial charge in [-0.15, -0.1) is 0 Å². The van der Waals surface area contributed by atoms with E-state index in [2.05, 4.69) is 17.0 Å². The van der Waals surface area contributed by atoms with Crippen LogP contribution in [0.25, 0.3) is 11.6 Å². The fourth-order valence-corrected chi connectivity index (χ4v) is 4.68. The standard InChI is InChI=1S/C28H24N2O5/c31-27-23-4-2-1-3-22(23)24(15-19-5-8-21(9-6-19)29-11-13-33-14-12-29)28(32)30(27)17-20-7-10-25-26(16-20)35-18-34-25/h1-10,15-16H,11-14,17-18H2/b24-15+. The molecule has 6 rings (SSSR count). The van der Waals surface area contributed by atoms with Crippen LogP contribution in [0.3, 0.4) is 0 Å². The minimum absolute atomic E-state index is 0.149. The molecule has 0 aromatic heterocycles. The van der Waals surface area contributed by atoms with Crippen molar-refractivity contribution in [3.8, 4) is 11.5 Å². The average molecular weight is 469 g/mol. The van der Waals surface area contributed by atoms with Gasteiger partial charge >= 0.3 is 0 Å². The van der Waals surface area contributed by atoms with Crippen molar-refractivity contribution < 1.29 is 23.8 Å². The minimum Gasteiger partial charge on any atom is -0.454 e. The van der Waals surface area contributed by atoms with Gasteiger partial charge in [-0.2, -0.15) is 0 Å². The Labute approximate surface area is 203 Å². The number of imide groups is 1. The molecule has 0 saturated carbocycles. The third-order valence-electron chi connectivity index (χ3n) is 6.53. The summed E-state index contributed by atoms with van der Waals surface area (Å²) in [5, 5.41) is 0. The number of hydrogen-bond donors (Lipinski definition) is 0. The Morgan fingerprint density at radius 2 is 1.54 bits per heavy atom. The van der Waals surface area contributed by atoms with E-state index in [0.717, 1.165) is 43.1 Å². The molecule has 176 valence electrons. The average Bonchev–Trinajstić information content (AvgIpc) is 3.38. The van der Waals surface area contributed by atoms with Crippen molar-refractivity contribution in [3.63, 3.8) is 0 Å². The van der Waals surface area contributed by atoms with E-state index >= 15 is 0 Å². The Kier molecular flexibility index (Phi) is 5.47. The highest BCUT2D eigenvalue weighted by atomic mass is 16.7. The van der Waals surface area contributed by atoms with E-state index in [1.165, 1.54) is 4.90 Å². The molecule has 0 aliphatic carbocycles. The zero-order chi connectivity index (χ0) is 23.8. The second kappa shape index (κ2) is 8.92. The van der Waals surface area contributed by atoms with Crippen LogP contribution in [0.2, 0.25) is 0 Å². The van der Waals surface area contributed by atoms with Crippen molar-refractivity contribution in [2.24, 2.45) is 0 Å². The first-order chi connectivity index (χ1) is 17.2. The zero-order valence-corrected chi connectivity index (χ0v) is 19.1. The quantitative estimate of drug-likeness (QED) is 0.426. The van der Waals surface area contributed by atoms with E-state index in [0.29, 0.717) is 28.2 Å². The fourth-order valence-electron chi connectivity index (χ4n) is 4.68. The SMILES string of the molecule is O=C1/C(=C/c2ccc(N3CCOCC3)cc2)c2ccccc2C(=O)N1Cc1ccc2c(c1)OCO2. The predicted octanol–water partition coefficient (Wildman–Crippen LogP) is 3.98. The number of hydrogen-bond acceptors (Lipinski definition) is 6. The van der Waals surface area contributed by atoms with Gasteiger partial charge in [0.25, 0.3) is 11.8 Å². The van der Waals surface area contributed by atoms with Gasteiger partial charge in [0.15, 0.2) is 11.5 Å². The molecule has 0 N–H and O–H groups in total. The number of carbonyl (C=O) groups is 2. The summed E-state index contributed by atoms with van der Waals surface area (Å²) in [4.78, 5) is 30.5. The third-order valence-corrected chi connectivity index (χ3v) is 6.53. The predicted molar refractivity (Wildman–Crippen MR) is 131 cm³/mol. The Hall–Kier alpha value is -4.10. The topological polar surface area (TPSA) is 68.3 Å². The fraction of sp³-hybridized carbons (Fsp3) is 0.214. The molecule has 3 aliphatic heterocycles. The van der Waals surface area contributed by atoms with Gasteiger partial charge < -0.3 is 19.1 Å². The van der Waals surface area contributed by atoms with Crippen LogP contribution in [0.4, 0.5) is 5.69 Å². The molecule has 0 bridgehead atoms. The highest BCUT2D eigenvalue weighted by molar-refractivity contribution is 6.33. The number of nitrogens with zero attached hydrogens (tertiary/aromatic N) is 2. The number of ether oxygens (including phenoxy) is 3. The molecule has 1 fully saturated rings. The molecule has 7 nitrogen and oxygen atoms in total. The van der Waals surface area contributed by atoms with Gasteiger partial charge in [0.05, 0.1) is 19.8 Å². The van der Waals surface area contributed by atoms with Crippen molar-refractivity contribution in [1.82, 2.24) is 4.90 Å². The number of rotatable bonds is 4. The lowest BCUT2D eigenvalue weighted by Crippen LogP contribution is -2.41. The number of carbonyl (C=O) groups excluding carboxylic acids is 2. The highest BCUT2D eigenvalue weighted by Gasteiger charge is 2.35. The van der Waals surface area contributed by atoms with Gasteiger partial charge in [-0.3, -0.25) is 14.5 Å². The van der Waals surface area contributed by atoms with Crippen LogP contribution in [-0.2, 0) is 16.1 Å². The van der Waals surface area contributed by atoms with E-state index < -0.39 is 0 Å². The molecule has 7 heteroatoms. The number of morpholine rings is 1. The summed E-state index contributed by atoms with van der Waals surface area (Å²) < 4.78 is 16.3. The number of fused-ring (bicyclic) bond motifs is 2. The second-order valence-corrected chi connectivity index (χ2v) is 8.68. The monoisotopic (exact) mass is 468 g/mol. The Bertz CT molecular complexity index is 1330. The molecule has 3 heterocycles. The summed E-state index contributed by atoms with van der Waals surface area (Å²) in [7, 11) is 0. The number of anilines is 1. The number of benzene rings is 3. The molecule has 0 radical (unpaired) electrons. The first-order valence-electron chi connectivity index (χ1n) is 11.7. The van der Waals surface area contributed by atoms with Crippen LogP contribution in [0.1, 0.15) is 27.0 Å². The lowest BCUT2D eigenvalue weighted by atomic mass is 9.91. The minimum atomic E-state index is -0.316. The Morgan fingerprint density at radius 1 is 0.800 bits per heavy atom. The van der Waals surface area contributed by atoms with Crippen LogP contribution in [0, 0.1) is 0 Å². The van der Waals surface area contributed by atoms with Gasteiger partial charge in [-0.1, -0.05) is 36.4 Å². The molecule has 3 aromatic rings. The lowest BCUT2D eigenvalue weighted by Gasteiger charge is -2.29. The van der Waals surface area contributed by atoms with Crippen LogP contribution >= 0.6 is 0 Å². The van der Waals surface area contributed by atoms with Gasteiger partial charge in [-0.25, -0.2) is 0 Å². The maximum Gasteiger partial charge on any atom is 0.261 e. The Morgan fingerprint density at radius 3 is 2.34 bits per heavy atom. The van der Waals surface area contributed by atoms with E-state index in [-0.39, 0.29) is 25.2 Å². The number of amides is 2. The normalized spacial score (nSPS) is 18.2. The molecular formula is C28H24N2O5. The smallest absolute Gasteiger partial charge is 0.261 e. The van der Waals surface area contributed by atoms with Crippen molar-refractivity contribution >= 4 is 29.2 Å². The largest absolute Gasteiger partial charge is 0.454 e. The summed E-state index contributed by atoms with van der Waals surface area (Å²) in [6.45, 7) is 3.50. The zero-order valence-electron chi connectivity index (χ0n) is 19.1. The van der Waals surface area contributed by atoms with Gasteiger partial charge in [-0.05, 0) is 53.1 Å². The molecular weight excluding hydrogens is 444 g/mol. The van der Waals surface area contributed by atoms with Crippen LogP contribution in [0.5, 0.6) is 11.5 Å². The van der Waals surface area contributed by atoms with Crippen molar-refractivity contribution in [1.29, 1.82) is 0 Å². The Balaban J connectivity index is 1.32. The first-order valence-corrected chi connectivity index (χ1v) is 11.7. The van der Waals surface area contributed by atoms with Crippen LogP contribution in [0.15, 0.2) is 66.7 Å². The third kappa shape index (κ3) is 4.04. The molecule has 35 heavy (non-hydrogen) atoms. The summed E-state index contributed by atoms with van der Waals surface area (Å²) in [5.74, 6) is 0.666. The van der Waals surface area contributed by atoms with Gasteiger partial charge in [0.2, 0.25) is 6.79 Å². The van der Waals surface area contributed by atoms with Crippen molar-refractivity contribution in [2.45, 2.75) is 6.54 Å². The molecule has 3 aromatic carbocycles. The van der Waals surface area contributed by atoms with E-state index in [9.17, 15) is 9.59 Å². The summed E-state index contributed by atoms with van der Waals surface area (Å²) in [5.41, 5.74) is 4.50. The maximum atomic E-state index is 13.6. The van der Waals surface area contributed by atoms with E-state index in [4.69, 9.17) is 14.2 Å². The van der Waals surface area contributed by atoms with Crippen LogP contribution < -0.4 is 14.4 Å². The second-order valence-electron chi connectivity index (χ2n) is 8.68. The van der Waals surface area contributed by atoms with Crippen LogP contribution in [-0.4, -0.2) is 49.8 Å². The summed E-state index contributed by atoms with van der Waals surface area (Å²) in [6, 6.07) is 20.9.